The maximum atomic E-state index is 6.59. The van der Waals surface area contributed by atoms with Crippen molar-refractivity contribution in [3.05, 3.63) is 188 Å². The van der Waals surface area contributed by atoms with Crippen LogP contribution in [0.25, 0.3) is 85.9 Å². The average molecular weight is 694 g/mol. The molecule has 0 spiro atoms. The second-order valence-corrected chi connectivity index (χ2v) is 14.8. The van der Waals surface area contributed by atoms with E-state index in [1.54, 1.807) is 0 Å². The van der Waals surface area contributed by atoms with Gasteiger partial charge in [0.1, 0.15) is 11.2 Å². The zero-order valence-electron chi connectivity index (χ0n) is 28.7. The van der Waals surface area contributed by atoms with E-state index in [0.717, 1.165) is 55.5 Å². The SMILES string of the molecule is c1cc(-c2cccc3ccccc23)cc(N(c2cccc(-c3cccc4oc5c6ccccc6ccc5c34)c2)c2ccc3c(c2)sc2ccccc23)c1. The van der Waals surface area contributed by atoms with Gasteiger partial charge in [0, 0.05) is 53.4 Å². The third-order valence-electron chi connectivity index (χ3n) is 10.6. The molecule has 9 aromatic carbocycles. The standard InChI is InChI=1S/C50H31NOS/c1-3-18-39-32(11-1)13-9-21-40(39)34-14-7-16-36(29-34)51(38-26-28-44-43-20-5-6-24-47(43)53-48(44)31-38)37-17-8-15-35(30-37)41-22-10-23-46-49(41)45-27-25-33-12-2-4-19-42(33)50(45)52-46/h1-31H. The molecule has 3 heteroatoms. The Hall–Kier alpha value is -6.68. The Balaban J connectivity index is 1.12. The van der Waals surface area contributed by atoms with E-state index >= 15 is 0 Å². The zero-order chi connectivity index (χ0) is 34.9. The minimum atomic E-state index is 0.897. The van der Waals surface area contributed by atoms with Crippen LogP contribution in [-0.4, -0.2) is 0 Å². The molecule has 0 radical (unpaired) electrons. The van der Waals surface area contributed by atoms with Gasteiger partial charge in [0.15, 0.2) is 0 Å². The van der Waals surface area contributed by atoms with Gasteiger partial charge in [-0.1, -0.05) is 133 Å². The molecule has 0 aliphatic carbocycles. The molecule has 248 valence electrons. The molecular formula is C50H31NOS. The molecule has 2 heterocycles. The second-order valence-electron chi connectivity index (χ2n) is 13.7. The van der Waals surface area contributed by atoms with Crippen LogP contribution < -0.4 is 4.90 Å². The Labute approximate surface area is 310 Å². The van der Waals surface area contributed by atoms with Crippen LogP contribution in [-0.2, 0) is 0 Å². The summed E-state index contributed by atoms with van der Waals surface area (Å²) in [6, 6.07) is 68.0. The summed E-state index contributed by atoms with van der Waals surface area (Å²) in [5.41, 5.74) is 9.86. The van der Waals surface area contributed by atoms with E-state index in [0.29, 0.717) is 0 Å². The van der Waals surface area contributed by atoms with Crippen LogP contribution >= 0.6 is 11.3 Å². The van der Waals surface area contributed by atoms with Crippen molar-refractivity contribution < 1.29 is 4.42 Å². The van der Waals surface area contributed by atoms with Crippen LogP contribution in [0.2, 0.25) is 0 Å². The fourth-order valence-electron chi connectivity index (χ4n) is 8.20. The monoisotopic (exact) mass is 693 g/mol. The van der Waals surface area contributed by atoms with Gasteiger partial charge in [0.05, 0.1) is 0 Å². The van der Waals surface area contributed by atoms with Crippen molar-refractivity contribution >= 4 is 92.1 Å². The third-order valence-corrected chi connectivity index (χ3v) is 11.8. The van der Waals surface area contributed by atoms with Crippen LogP contribution in [0.1, 0.15) is 0 Å². The summed E-state index contributed by atoms with van der Waals surface area (Å²) in [7, 11) is 0. The first kappa shape index (κ1) is 30.0. The first-order valence-electron chi connectivity index (χ1n) is 18.0. The number of furan rings is 1. The second kappa shape index (κ2) is 11.9. The van der Waals surface area contributed by atoms with Crippen molar-refractivity contribution in [1.29, 1.82) is 0 Å². The molecule has 0 bridgehead atoms. The van der Waals surface area contributed by atoms with E-state index in [9.17, 15) is 0 Å². The van der Waals surface area contributed by atoms with Crippen molar-refractivity contribution in [2.75, 3.05) is 4.90 Å². The number of nitrogens with zero attached hydrogens (tertiary/aromatic N) is 1. The highest BCUT2D eigenvalue weighted by atomic mass is 32.1. The van der Waals surface area contributed by atoms with Crippen molar-refractivity contribution in [2.24, 2.45) is 0 Å². The van der Waals surface area contributed by atoms with E-state index in [1.165, 1.54) is 47.5 Å². The average Bonchev–Trinajstić information content (AvgIpc) is 3.80. The summed E-state index contributed by atoms with van der Waals surface area (Å²) in [6.07, 6.45) is 0. The zero-order valence-corrected chi connectivity index (χ0v) is 29.5. The summed E-state index contributed by atoms with van der Waals surface area (Å²) >= 11 is 1.85. The molecule has 53 heavy (non-hydrogen) atoms. The molecule has 0 saturated carbocycles. The molecule has 11 aromatic rings. The lowest BCUT2D eigenvalue weighted by Crippen LogP contribution is -2.10. The summed E-state index contributed by atoms with van der Waals surface area (Å²) in [5.74, 6) is 0. The van der Waals surface area contributed by atoms with Gasteiger partial charge in [-0.2, -0.15) is 0 Å². The smallest absolute Gasteiger partial charge is 0.143 e. The van der Waals surface area contributed by atoms with Crippen LogP contribution in [0, 0.1) is 0 Å². The number of hydrogen-bond donors (Lipinski definition) is 0. The lowest BCUT2D eigenvalue weighted by Gasteiger charge is -2.27. The first-order chi connectivity index (χ1) is 26.3. The number of anilines is 3. The Morgan fingerprint density at radius 2 is 0.962 bits per heavy atom. The van der Waals surface area contributed by atoms with Gasteiger partial charge in [0.2, 0.25) is 0 Å². The topological polar surface area (TPSA) is 16.4 Å². The molecular weight excluding hydrogens is 663 g/mol. The maximum absolute atomic E-state index is 6.59. The summed E-state index contributed by atoms with van der Waals surface area (Å²) in [5, 5.41) is 9.67. The lowest BCUT2D eigenvalue weighted by molar-refractivity contribution is 0.673. The molecule has 0 aliphatic heterocycles. The van der Waals surface area contributed by atoms with Gasteiger partial charge in [-0.15, -0.1) is 11.3 Å². The summed E-state index contributed by atoms with van der Waals surface area (Å²) in [6.45, 7) is 0. The molecule has 0 atom stereocenters. The van der Waals surface area contributed by atoms with E-state index < -0.39 is 0 Å². The molecule has 0 N–H and O–H groups in total. The molecule has 0 unspecified atom stereocenters. The lowest BCUT2D eigenvalue weighted by atomic mass is 9.97. The molecule has 2 nitrogen and oxygen atoms in total. The highest BCUT2D eigenvalue weighted by Crippen LogP contribution is 2.44. The number of rotatable bonds is 5. The highest BCUT2D eigenvalue weighted by molar-refractivity contribution is 7.25. The molecule has 0 fully saturated rings. The van der Waals surface area contributed by atoms with Crippen molar-refractivity contribution in [3.8, 4) is 22.3 Å². The van der Waals surface area contributed by atoms with E-state index in [-0.39, 0.29) is 0 Å². The maximum Gasteiger partial charge on any atom is 0.143 e. The van der Waals surface area contributed by atoms with E-state index in [4.69, 9.17) is 4.42 Å². The van der Waals surface area contributed by atoms with Crippen LogP contribution in [0.3, 0.4) is 0 Å². The molecule has 0 aliphatic rings. The molecule has 0 saturated heterocycles. The van der Waals surface area contributed by atoms with Crippen molar-refractivity contribution in [2.45, 2.75) is 0 Å². The minimum Gasteiger partial charge on any atom is -0.455 e. The fraction of sp³-hybridized carbons (Fsp3) is 0. The number of hydrogen-bond acceptors (Lipinski definition) is 3. The number of fused-ring (bicyclic) bond motifs is 9. The van der Waals surface area contributed by atoms with Crippen molar-refractivity contribution in [3.63, 3.8) is 0 Å². The summed E-state index contributed by atoms with van der Waals surface area (Å²) in [4.78, 5) is 2.41. The van der Waals surface area contributed by atoms with Crippen LogP contribution in [0.4, 0.5) is 17.1 Å². The van der Waals surface area contributed by atoms with Crippen LogP contribution in [0.15, 0.2) is 192 Å². The Morgan fingerprint density at radius 3 is 1.79 bits per heavy atom. The first-order valence-corrected chi connectivity index (χ1v) is 18.8. The van der Waals surface area contributed by atoms with Gasteiger partial charge < -0.3 is 9.32 Å². The summed E-state index contributed by atoms with van der Waals surface area (Å²) < 4.78 is 9.17. The Morgan fingerprint density at radius 1 is 0.377 bits per heavy atom. The van der Waals surface area contributed by atoms with Gasteiger partial charge in [-0.05, 0) is 93.0 Å². The van der Waals surface area contributed by atoms with Gasteiger partial charge in [0.25, 0.3) is 0 Å². The largest absolute Gasteiger partial charge is 0.455 e. The Kier molecular flexibility index (Phi) is 6.76. The van der Waals surface area contributed by atoms with Gasteiger partial charge >= 0.3 is 0 Å². The van der Waals surface area contributed by atoms with Crippen molar-refractivity contribution in [1.82, 2.24) is 0 Å². The molecule has 11 rings (SSSR count). The highest BCUT2D eigenvalue weighted by Gasteiger charge is 2.19. The predicted octanol–water partition coefficient (Wildman–Crippen LogP) is 15.1. The molecule has 2 aromatic heterocycles. The van der Waals surface area contributed by atoms with Gasteiger partial charge in [-0.25, -0.2) is 0 Å². The van der Waals surface area contributed by atoms with Gasteiger partial charge in [-0.3, -0.25) is 0 Å². The Bertz CT molecular complexity index is 3200. The number of benzene rings is 9. The normalized spacial score (nSPS) is 11.8. The number of thiophene rings is 1. The van der Waals surface area contributed by atoms with Crippen LogP contribution in [0.5, 0.6) is 0 Å². The predicted molar refractivity (Wildman–Crippen MR) is 227 cm³/mol. The quantitative estimate of drug-likeness (QED) is 0.178. The van der Waals surface area contributed by atoms with E-state index in [2.05, 4.69) is 193 Å². The van der Waals surface area contributed by atoms with E-state index in [1.807, 2.05) is 11.3 Å². The molecule has 0 amide bonds. The fourth-order valence-corrected chi connectivity index (χ4v) is 9.34. The minimum absolute atomic E-state index is 0.897. The third kappa shape index (κ3) is 4.86.